The van der Waals surface area contributed by atoms with Crippen LogP contribution in [-0.4, -0.2) is 29.7 Å². The molecule has 3 unspecified atom stereocenters. The summed E-state index contributed by atoms with van der Waals surface area (Å²) < 4.78 is 51.7. The molecule has 29 heavy (non-hydrogen) atoms. The van der Waals surface area contributed by atoms with E-state index in [1.165, 1.54) is 12.1 Å². The highest BCUT2D eigenvalue weighted by Gasteiger charge is 2.41. The van der Waals surface area contributed by atoms with E-state index in [1.807, 2.05) is 0 Å². The molecule has 3 N–H and O–H groups in total. The highest BCUT2D eigenvalue weighted by atomic mass is 19.4. The standard InChI is InChI=1S/C20H19F3N2O4/c21-20(22,23)17-14(8-15(18(24)26)19(27)25-17)10-1-3-12(4-2-10)28-9-11-7-13-5-6-16(11)29-13/h1-4,8,11,13,16H,5-7,9H2,(H2,24,26)(H,25,27). The van der Waals surface area contributed by atoms with Gasteiger partial charge in [-0.25, -0.2) is 0 Å². The summed E-state index contributed by atoms with van der Waals surface area (Å²) in [6, 6.07) is 6.87. The quantitative estimate of drug-likeness (QED) is 0.795. The van der Waals surface area contributed by atoms with E-state index in [0.717, 1.165) is 25.3 Å². The van der Waals surface area contributed by atoms with E-state index in [4.69, 9.17) is 15.2 Å². The van der Waals surface area contributed by atoms with Crippen molar-refractivity contribution >= 4 is 5.91 Å². The minimum absolute atomic E-state index is 0.173. The van der Waals surface area contributed by atoms with Gasteiger partial charge in [0.2, 0.25) is 0 Å². The first kappa shape index (κ1) is 19.5. The first-order valence-corrected chi connectivity index (χ1v) is 9.25. The molecule has 0 saturated carbocycles. The van der Waals surface area contributed by atoms with Gasteiger partial charge in [0, 0.05) is 11.5 Å². The average molecular weight is 408 g/mol. The van der Waals surface area contributed by atoms with Gasteiger partial charge in [0.25, 0.3) is 11.5 Å². The number of nitrogens with one attached hydrogen (secondary N) is 1. The lowest BCUT2D eigenvalue weighted by Crippen LogP contribution is -2.27. The van der Waals surface area contributed by atoms with Crippen LogP contribution in [0.2, 0.25) is 0 Å². The molecule has 0 spiro atoms. The van der Waals surface area contributed by atoms with Crippen LogP contribution >= 0.6 is 0 Å². The number of primary amides is 1. The Bertz CT molecular complexity index is 985. The highest BCUT2D eigenvalue weighted by Crippen LogP contribution is 2.39. The van der Waals surface area contributed by atoms with Crippen LogP contribution in [0.25, 0.3) is 11.1 Å². The Balaban J connectivity index is 1.57. The fourth-order valence-electron chi connectivity index (χ4n) is 4.02. The van der Waals surface area contributed by atoms with Crippen LogP contribution in [0.1, 0.15) is 35.3 Å². The van der Waals surface area contributed by atoms with Crippen LogP contribution < -0.4 is 16.0 Å². The van der Waals surface area contributed by atoms with Gasteiger partial charge in [0.1, 0.15) is 17.0 Å². The van der Waals surface area contributed by atoms with Gasteiger partial charge in [-0.3, -0.25) is 9.59 Å². The molecule has 0 aliphatic carbocycles. The molecule has 2 aliphatic heterocycles. The van der Waals surface area contributed by atoms with Gasteiger partial charge < -0.3 is 20.2 Å². The molecule has 2 aromatic rings. The maximum Gasteiger partial charge on any atom is 0.431 e. The lowest BCUT2D eigenvalue weighted by Gasteiger charge is -2.19. The van der Waals surface area contributed by atoms with Crippen LogP contribution in [0.5, 0.6) is 5.75 Å². The zero-order chi connectivity index (χ0) is 20.8. The average Bonchev–Trinajstić information content (AvgIpc) is 3.29. The number of aromatic amines is 1. The second-order valence-electron chi connectivity index (χ2n) is 7.37. The Morgan fingerprint density at radius 1 is 1.24 bits per heavy atom. The molecule has 154 valence electrons. The van der Waals surface area contributed by atoms with E-state index in [0.29, 0.717) is 24.4 Å². The third kappa shape index (κ3) is 3.87. The minimum Gasteiger partial charge on any atom is -0.493 e. The highest BCUT2D eigenvalue weighted by molar-refractivity contribution is 5.94. The molecule has 3 atom stereocenters. The third-order valence-electron chi connectivity index (χ3n) is 5.45. The van der Waals surface area contributed by atoms with E-state index >= 15 is 0 Å². The number of carbonyl (C=O) groups is 1. The summed E-state index contributed by atoms with van der Waals surface area (Å²) in [6.07, 6.45) is -1.18. The number of ether oxygens (including phenoxy) is 2. The van der Waals surface area contributed by atoms with E-state index in [9.17, 15) is 22.8 Å². The van der Waals surface area contributed by atoms with Gasteiger partial charge in [0.15, 0.2) is 0 Å². The molecular formula is C20H19F3N2O4. The zero-order valence-corrected chi connectivity index (χ0v) is 15.3. The number of H-pyrrole nitrogens is 1. The van der Waals surface area contributed by atoms with Crippen LogP contribution in [0.3, 0.4) is 0 Å². The first-order chi connectivity index (χ1) is 13.7. The fraction of sp³-hybridized carbons (Fsp3) is 0.400. The molecular weight excluding hydrogens is 389 g/mol. The molecule has 2 saturated heterocycles. The van der Waals surface area contributed by atoms with Crippen molar-refractivity contribution < 1.29 is 27.4 Å². The number of benzene rings is 1. The maximum absolute atomic E-state index is 13.4. The Kier molecular flexibility index (Phi) is 4.85. The second kappa shape index (κ2) is 7.22. The number of hydrogen-bond donors (Lipinski definition) is 2. The number of amides is 1. The fourth-order valence-corrected chi connectivity index (χ4v) is 4.02. The van der Waals surface area contributed by atoms with E-state index in [1.54, 1.807) is 17.1 Å². The summed E-state index contributed by atoms with van der Waals surface area (Å²) >= 11 is 0. The van der Waals surface area contributed by atoms with Gasteiger partial charge >= 0.3 is 6.18 Å². The molecule has 2 aliphatic rings. The zero-order valence-electron chi connectivity index (χ0n) is 15.3. The second-order valence-corrected chi connectivity index (χ2v) is 7.37. The summed E-state index contributed by atoms with van der Waals surface area (Å²) in [5, 5.41) is 0. The Hall–Kier alpha value is -2.81. The van der Waals surface area contributed by atoms with Crippen molar-refractivity contribution in [3.05, 3.63) is 51.9 Å². The Morgan fingerprint density at radius 3 is 2.52 bits per heavy atom. The lowest BCUT2D eigenvalue weighted by molar-refractivity contribution is -0.140. The summed E-state index contributed by atoms with van der Waals surface area (Å²) in [5.41, 5.74) is 1.99. The molecule has 1 aromatic heterocycles. The topological polar surface area (TPSA) is 94.4 Å². The van der Waals surface area contributed by atoms with Gasteiger partial charge in [-0.05, 0) is 43.0 Å². The van der Waals surface area contributed by atoms with Crippen LogP contribution in [0.15, 0.2) is 35.1 Å². The predicted molar refractivity (Wildman–Crippen MR) is 97.5 cm³/mol. The maximum atomic E-state index is 13.4. The van der Waals surface area contributed by atoms with Crippen molar-refractivity contribution in [2.45, 2.75) is 37.6 Å². The molecule has 9 heteroatoms. The number of halogens is 3. The number of nitrogens with two attached hydrogens (primary N) is 1. The monoisotopic (exact) mass is 408 g/mol. The number of hydrogen-bond acceptors (Lipinski definition) is 4. The lowest BCUT2D eigenvalue weighted by atomic mass is 9.90. The molecule has 0 radical (unpaired) electrons. The molecule has 4 rings (SSSR count). The molecule has 1 aromatic carbocycles. The van der Waals surface area contributed by atoms with Crippen molar-refractivity contribution in [3.63, 3.8) is 0 Å². The first-order valence-electron chi connectivity index (χ1n) is 9.25. The third-order valence-corrected chi connectivity index (χ3v) is 5.45. The summed E-state index contributed by atoms with van der Waals surface area (Å²) in [7, 11) is 0. The van der Waals surface area contributed by atoms with Crippen molar-refractivity contribution in [3.8, 4) is 16.9 Å². The number of pyridine rings is 1. The molecule has 1 amide bonds. The molecule has 6 nitrogen and oxygen atoms in total. The van der Waals surface area contributed by atoms with Crippen molar-refractivity contribution in [1.82, 2.24) is 4.98 Å². The van der Waals surface area contributed by atoms with Crippen molar-refractivity contribution in [2.24, 2.45) is 11.7 Å². The number of alkyl halides is 3. The molecule has 2 fully saturated rings. The van der Waals surface area contributed by atoms with Crippen LogP contribution in [0.4, 0.5) is 13.2 Å². The Morgan fingerprint density at radius 2 is 1.97 bits per heavy atom. The number of fused-ring (bicyclic) bond motifs is 2. The SMILES string of the molecule is NC(=O)c1cc(-c2ccc(OCC3CC4CCC3O4)cc2)c(C(F)(F)F)[nH]c1=O. The predicted octanol–water partition coefficient (Wildman–Crippen LogP) is 3.11. The Labute approximate surface area is 163 Å². The van der Waals surface area contributed by atoms with E-state index in [-0.39, 0.29) is 17.2 Å². The van der Waals surface area contributed by atoms with E-state index < -0.39 is 28.9 Å². The van der Waals surface area contributed by atoms with Gasteiger partial charge in [-0.1, -0.05) is 12.1 Å². The van der Waals surface area contributed by atoms with Gasteiger partial charge in [-0.2, -0.15) is 13.2 Å². The van der Waals surface area contributed by atoms with Crippen molar-refractivity contribution in [2.75, 3.05) is 6.61 Å². The largest absolute Gasteiger partial charge is 0.493 e. The van der Waals surface area contributed by atoms with E-state index in [2.05, 4.69) is 0 Å². The smallest absolute Gasteiger partial charge is 0.431 e. The number of aromatic nitrogens is 1. The van der Waals surface area contributed by atoms with Gasteiger partial charge in [-0.15, -0.1) is 0 Å². The minimum atomic E-state index is -4.80. The number of carbonyl (C=O) groups excluding carboxylic acids is 1. The van der Waals surface area contributed by atoms with Crippen LogP contribution in [0, 0.1) is 5.92 Å². The van der Waals surface area contributed by atoms with Gasteiger partial charge in [0.05, 0.1) is 18.8 Å². The molecule has 3 heterocycles. The van der Waals surface area contributed by atoms with Crippen LogP contribution in [-0.2, 0) is 10.9 Å². The summed E-state index contributed by atoms with van der Waals surface area (Å²) in [4.78, 5) is 24.9. The normalized spacial score (nSPS) is 23.3. The van der Waals surface area contributed by atoms with Crippen molar-refractivity contribution in [1.29, 1.82) is 0 Å². The summed E-state index contributed by atoms with van der Waals surface area (Å²) in [5.74, 6) is -0.263. The molecule has 2 bridgehead atoms. The summed E-state index contributed by atoms with van der Waals surface area (Å²) in [6.45, 7) is 0.485. The number of rotatable bonds is 5.